The van der Waals surface area contributed by atoms with E-state index in [1.807, 2.05) is 91.0 Å². The Hall–Kier alpha value is -3.78. The van der Waals surface area contributed by atoms with E-state index in [2.05, 4.69) is 0 Å². The third-order valence-electron chi connectivity index (χ3n) is 5.34. The Kier molecular flexibility index (Phi) is 11.0. The molecule has 0 saturated carbocycles. The third-order valence-corrected chi connectivity index (χ3v) is 6.62. The van der Waals surface area contributed by atoms with Crippen LogP contribution >= 0.6 is 11.8 Å². The van der Waals surface area contributed by atoms with Crippen molar-refractivity contribution in [2.75, 3.05) is 19.8 Å². The van der Waals surface area contributed by atoms with Crippen molar-refractivity contribution in [1.29, 1.82) is 0 Å². The zero-order chi connectivity index (χ0) is 26.5. The van der Waals surface area contributed by atoms with Gasteiger partial charge in [-0.1, -0.05) is 90.6 Å². The molecule has 3 aromatic rings. The van der Waals surface area contributed by atoms with Gasteiger partial charge in [-0.05, 0) is 37.1 Å². The van der Waals surface area contributed by atoms with Gasteiger partial charge in [-0.2, -0.15) is 0 Å². The first-order chi connectivity index (χ1) is 18.0. The summed E-state index contributed by atoms with van der Waals surface area (Å²) in [4.78, 5) is 43.4. The molecule has 0 aliphatic carbocycles. The lowest BCUT2D eigenvalue weighted by molar-refractivity contribution is -0.122. The fourth-order valence-electron chi connectivity index (χ4n) is 3.63. The van der Waals surface area contributed by atoms with E-state index in [-0.39, 0.29) is 38.6 Å². The highest BCUT2D eigenvalue weighted by molar-refractivity contribution is 8.00. The molecule has 7 nitrogen and oxygen atoms in total. The molecular formula is C29H32N2O5S. The van der Waals surface area contributed by atoms with E-state index in [9.17, 15) is 14.4 Å². The lowest BCUT2D eigenvalue weighted by Crippen LogP contribution is -2.47. The second-order valence-electron chi connectivity index (χ2n) is 8.10. The molecule has 194 valence electrons. The molecular weight excluding hydrogens is 488 g/mol. The van der Waals surface area contributed by atoms with Crippen LogP contribution in [0.2, 0.25) is 0 Å². The number of amides is 2. The third kappa shape index (κ3) is 8.68. The van der Waals surface area contributed by atoms with Crippen LogP contribution in [-0.4, -0.2) is 52.9 Å². The maximum atomic E-state index is 13.9. The van der Waals surface area contributed by atoms with Crippen LogP contribution in [0.15, 0.2) is 95.9 Å². The van der Waals surface area contributed by atoms with Gasteiger partial charge < -0.3 is 9.47 Å². The molecule has 1 unspecified atom stereocenters. The first-order valence-electron chi connectivity index (χ1n) is 12.2. The molecule has 8 heteroatoms. The average Bonchev–Trinajstić information content (AvgIpc) is 2.92. The summed E-state index contributed by atoms with van der Waals surface area (Å²) in [5.41, 5.74) is 1.72. The van der Waals surface area contributed by atoms with Gasteiger partial charge in [-0.25, -0.2) is 9.59 Å². The van der Waals surface area contributed by atoms with Crippen LogP contribution in [-0.2, 0) is 27.4 Å². The largest absolute Gasteiger partial charge is 0.450 e. The molecule has 0 aliphatic rings. The molecule has 0 fully saturated rings. The van der Waals surface area contributed by atoms with E-state index in [1.165, 1.54) is 21.6 Å². The van der Waals surface area contributed by atoms with Gasteiger partial charge in [0.2, 0.25) is 0 Å². The van der Waals surface area contributed by atoms with Crippen molar-refractivity contribution in [2.24, 2.45) is 0 Å². The van der Waals surface area contributed by atoms with Crippen molar-refractivity contribution < 1.29 is 23.9 Å². The Bertz CT molecular complexity index is 1130. The normalized spacial score (nSPS) is 11.3. The van der Waals surface area contributed by atoms with Gasteiger partial charge in [0.1, 0.15) is 5.37 Å². The van der Waals surface area contributed by atoms with Gasteiger partial charge in [-0.15, -0.1) is 0 Å². The number of thioether (sulfide) groups is 1. The molecule has 37 heavy (non-hydrogen) atoms. The van der Waals surface area contributed by atoms with Crippen LogP contribution in [0.3, 0.4) is 0 Å². The number of Topliss-reactive ketones (excluding diaryl/α,β-unsaturated/α-hetero) is 1. The van der Waals surface area contributed by atoms with Gasteiger partial charge in [0, 0.05) is 11.4 Å². The van der Waals surface area contributed by atoms with E-state index in [0.717, 1.165) is 16.0 Å². The maximum absolute atomic E-state index is 13.9. The molecule has 0 aromatic heterocycles. The molecule has 0 bridgehead atoms. The zero-order valence-electron chi connectivity index (χ0n) is 21.1. The molecule has 0 aliphatic heterocycles. The fraction of sp³-hybridized carbons (Fsp3) is 0.276. The SMILES string of the molecule is CCOC(=O)N(CC(=O)C(Sc1ccccc1)N(Cc1ccccc1)C(=O)OCC)Cc1ccccc1. The predicted molar refractivity (Wildman–Crippen MR) is 144 cm³/mol. The van der Waals surface area contributed by atoms with Crippen molar-refractivity contribution >= 4 is 29.7 Å². The molecule has 0 saturated heterocycles. The summed E-state index contributed by atoms with van der Waals surface area (Å²) in [5.74, 6) is -0.318. The van der Waals surface area contributed by atoms with Crippen LogP contribution in [0.4, 0.5) is 9.59 Å². The van der Waals surface area contributed by atoms with Gasteiger partial charge in [-0.3, -0.25) is 14.6 Å². The fourth-order valence-corrected chi connectivity index (χ4v) is 4.70. The minimum Gasteiger partial charge on any atom is -0.450 e. The first-order valence-corrected chi connectivity index (χ1v) is 13.1. The molecule has 2 amide bonds. The van der Waals surface area contributed by atoms with Crippen molar-refractivity contribution in [3.8, 4) is 0 Å². The van der Waals surface area contributed by atoms with Crippen molar-refractivity contribution in [3.63, 3.8) is 0 Å². The number of ketones is 1. The monoisotopic (exact) mass is 520 g/mol. The van der Waals surface area contributed by atoms with E-state index in [4.69, 9.17) is 9.47 Å². The standard InChI is InChI=1S/C29H32N2O5S/c1-3-35-28(33)30(20-23-14-8-5-9-15-23)22-26(32)27(37-25-18-12-7-13-19-25)31(29(34)36-4-2)21-24-16-10-6-11-17-24/h5-19,27H,3-4,20-22H2,1-2H3. The summed E-state index contributed by atoms with van der Waals surface area (Å²) in [5, 5.41) is -0.936. The predicted octanol–water partition coefficient (Wildman–Crippen LogP) is 5.99. The van der Waals surface area contributed by atoms with Crippen molar-refractivity contribution in [1.82, 2.24) is 9.80 Å². The maximum Gasteiger partial charge on any atom is 0.411 e. The van der Waals surface area contributed by atoms with E-state index >= 15 is 0 Å². The van der Waals surface area contributed by atoms with Gasteiger partial charge in [0.15, 0.2) is 5.78 Å². The van der Waals surface area contributed by atoms with E-state index < -0.39 is 17.6 Å². The van der Waals surface area contributed by atoms with Crippen LogP contribution in [0.25, 0.3) is 0 Å². The van der Waals surface area contributed by atoms with Crippen LogP contribution in [0.5, 0.6) is 0 Å². The minimum absolute atomic E-state index is 0.171. The zero-order valence-corrected chi connectivity index (χ0v) is 21.9. The minimum atomic E-state index is -0.936. The van der Waals surface area contributed by atoms with E-state index in [1.54, 1.807) is 13.8 Å². The van der Waals surface area contributed by atoms with Crippen LogP contribution < -0.4 is 0 Å². The van der Waals surface area contributed by atoms with Crippen molar-refractivity contribution in [3.05, 3.63) is 102 Å². The second kappa shape index (κ2) is 14.7. The highest BCUT2D eigenvalue weighted by atomic mass is 32.2. The molecule has 0 spiro atoms. The smallest absolute Gasteiger partial charge is 0.411 e. The average molecular weight is 521 g/mol. The number of rotatable bonds is 12. The second-order valence-corrected chi connectivity index (χ2v) is 9.26. The number of hydrogen-bond acceptors (Lipinski definition) is 6. The Balaban J connectivity index is 1.93. The molecule has 3 rings (SSSR count). The number of nitrogens with zero attached hydrogens (tertiary/aromatic N) is 2. The summed E-state index contributed by atoms with van der Waals surface area (Å²) < 4.78 is 10.6. The summed E-state index contributed by atoms with van der Waals surface area (Å²) in [6.07, 6.45) is -1.19. The Morgan fingerprint density at radius 1 is 0.703 bits per heavy atom. The Morgan fingerprint density at radius 3 is 1.73 bits per heavy atom. The number of benzene rings is 3. The summed E-state index contributed by atoms with van der Waals surface area (Å²) in [7, 11) is 0. The molecule has 3 aromatic carbocycles. The Morgan fingerprint density at radius 2 is 1.19 bits per heavy atom. The molecule has 0 heterocycles. The van der Waals surface area contributed by atoms with Gasteiger partial charge >= 0.3 is 12.2 Å². The number of carbonyl (C=O) groups excluding carboxylic acids is 3. The molecule has 0 N–H and O–H groups in total. The molecule has 1 atom stereocenters. The van der Waals surface area contributed by atoms with Crippen LogP contribution in [0, 0.1) is 0 Å². The lowest BCUT2D eigenvalue weighted by Gasteiger charge is -2.31. The van der Waals surface area contributed by atoms with Gasteiger partial charge in [0.25, 0.3) is 0 Å². The first kappa shape index (κ1) is 27.8. The summed E-state index contributed by atoms with van der Waals surface area (Å²) in [6, 6.07) is 28.2. The topological polar surface area (TPSA) is 76.2 Å². The molecule has 0 radical (unpaired) electrons. The van der Waals surface area contributed by atoms with Gasteiger partial charge in [0.05, 0.1) is 26.3 Å². The highest BCUT2D eigenvalue weighted by Gasteiger charge is 2.34. The van der Waals surface area contributed by atoms with Crippen molar-refractivity contribution in [2.45, 2.75) is 37.2 Å². The number of hydrogen-bond donors (Lipinski definition) is 0. The van der Waals surface area contributed by atoms with Crippen LogP contribution in [0.1, 0.15) is 25.0 Å². The number of carbonyl (C=O) groups is 3. The summed E-state index contributed by atoms with van der Waals surface area (Å²) >= 11 is 1.25. The Labute approximate surface area is 222 Å². The summed E-state index contributed by atoms with van der Waals surface area (Å²) in [6.45, 7) is 3.94. The lowest BCUT2D eigenvalue weighted by atomic mass is 10.2. The van der Waals surface area contributed by atoms with E-state index in [0.29, 0.717) is 0 Å². The quantitative estimate of drug-likeness (QED) is 0.216. The number of ether oxygens (including phenoxy) is 2. The highest BCUT2D eigenvalue weighted by Crippen LogP contribution is 2.29.